The first-order valence-corrected chi connectivity index (χ1v) is 6.89. The summed E-state index contributed by atoms with van der Waals surface area (Å²) >= 11 is 0. The molecule has 0 radical (unpaired) electrons. The maximum Gasteiger partial charge on any atom is 0.273 e. The second kappa shape index (κ2) is 6.02. The van der Waals surface area contributed by atoms with E-state index in [0.29, 0.717) is 17.0 Å². The number of nitrogens with zero attached hydrogens (tertiary/aromatic N) is 3. The molecule has 0 unspecified atom stereocenters. The number of aromatic nitrogens is 2. The molecule has 0 bridgehead atoms. The molecule has 0 spiro atoms. The summed E-state index contributed by atoms with van der Waals surface area (Å²) in [6, 6.07) is 4.80. The smallest absolute Gasteiger partial charge is 0.273 e. The molecular formula is C14H17ClN4O3. The monoisotopic (exact) mass is 324 g/mol. The fourth-order valence-corrected chi connectivity index (χ4v) is 2.82. The molecule has 0 saturated heterocycles. The Balaban J connectivity index is 0.00000176. The molecule has 0 atom stereocenters. The van der Waals surface area contributed by atoms with Crippen LogP contribution >= 0.6 is 12.4 Å². The van der Waals surface area contributed by atoms with Crippen LogP contribution in [0, 0.1) is 17.0 Å². The summed E-state index contributed by atoms with van der Waals surface area (Å²) in [6.45, 7) is 1.67. The molecule has 2 aromatic rings. The van der Waals surface area contributed by atoms with Crippen LogP contribution < -0.4 is 5.73 Å². The van der Waals surface area contributed by atoms with Crippen LogP contribution in [0.4, 0.5) is 5.69 Å². The maximum absolute atomic E-state index is 11.0. The van der Waals surface area contributed by atoms with Gasteiger partial charge in [0.15, 0.2) is 5.82 Å². The van der Waals surface area contributed by atoms with Gasteiger partial charge in [0.1, 0.15) is 0 Å². The van der Waals surface area contributed by atoms with Crippen molar-refractivity contribution in [1.82, 2.24) is 10.1 Å². The lowest BCUT2D eigenvalue weighted by atomic mass is 9.98. The number of nitrogens with two attached hydrogens (primary N) is 1. The molecule has 1 fully saturated rings. The summed E-state index contributed by atoms with van der Waals surface area (Å²) in [5.41, 5.74) is 6.88. The molecule has 0 amide bonds. The fourth-order valence-electron chi connectivity index (χ4n) is 2.82. The molecule has 1 aliphatic rings. The van der Waals surface area contributed by atoms with Crippen molar-refractivity contribution >= 4 is 18.1 Å². The van der Waals surface area contributed by atoms with E-state index in [-0.39, 0.29) is 24.0 Å². The van der Waals surface area contributed by atoms with Crippen molar-refractivity contribution in [2.24, 2.45) is 5.73 Å². The minimum atomic E-state index is -0.531. The Morgan fingerprint density at radius 1 is 1.36 bits per heavy atom. The maximum atomic E-state index is 11.0. The first-order valence-electron chi connectivity index (χ1n) is 6.89. The van der Waals surface area contributed by atoms with Crippen molar-refractivity contribution < 1.29 is 9.45 Å². The van der Waals surface area contributed by atoms with Gasteiger partial charge in [-0.1, -0.05) is 24.1 Å². The lowest BCUT2D eigenvalue weighted by Gasteiger charge is -2.17. The fraction of sp³-hybridized carbons (Fsp3) is 0.429. The van der Waals surface area contributed by atoms with Gasteiger partial charge in [-0.3, -0.25) is 10.1 Å². The van der Waals surface area contributed by atoms with Crippen LogP contribution in [0.3, 0.4) is 0 Å². The molecule has 7 nitrogen and oxygen atoms in total. The Kier molecular flexibility index (Phi) is 4.48. The Morgan fingerprint density at radius 2 is 2.05 bits per heavy atom. The third kappa shape index (κ3) is 2.69. The van der Waals surface area contributed by atoms with Crippen molar-refractivity contribution in [2.45, 2.75) is 38.1 Å². The average molecular weight is 325 g/mol. The van der Waals surface area contributed by atoms with E-state index in [0.717, 1.165) is 25.7 Å². The molecule has 2 N–H and O–H groups in total. The van der Waals surface area contributed by atoms with Crippen LogP contribution in [0.15, 0.2) is 22.7 Å². The van der Waals surface area contributed by atoms with Crippen LogP contribution in [0.2, 0.25) is 0 Å². The SMILES string of the molecule is Cc1c(-c2nc(C3(N)CCCC3)no2)cccc1[N+](=O)[O-].Cl. The molecule has 118 valence electrons. The summed E-state index contributed by atoms with van der Waals surface area (Å²) in [7, 11) is 0. The highest BCUT2D eigenvalue weighted by Crippen LogP contribution is 2.36. The van der Waals surface area contributed by atoms with Gasteiger partial charge < -0.3 is 10.3 Å². The average Bonchev–Trinajstić information content (AvgIpc) is 3.08. The van der Waals surface area contributed by atoms with E-state index in [2.05, 4.69) is 10.1 Å². The van der Waals surface area contributed by atoms with Crippen LogP contribution in [-0.2, 0) is 5.54 Å². The predicted molar refractivity (Wildman–Crippen MR) is 82.7 cm³/mol. The minimum absolute atomic E-state index is 0. The number of halogens is 1. The zero-order valence-electron chi connectivity index (χ0n) is 12.1. The number of nitro benzene ring substituents is 1. The molecule has 1 aromatic carbocycles. The largest absolute Gasteiger partial charge is 0.334 e. The highest BCUT2D eigenvalue weighted by molar-refractivity contribution is 5.85. The predicted octanol–water partition coefficient (Wildman–Crippen LogP) is 3.10. The second-order valence-electron chi connectivity index (χ2n) is 5.49. The lowest BCUT2D eigenvalue weighted by molar-refractivity contribution is -0.385. The summed E-state index contributed by atoms with van der Waals surface area (Å²) in [5, 5.41) is 15.0. The number of hydrogen-bond acceptors (Lipinski definition) is 6. The Labute approximate surface area is 133 Å². The van der Waals surface area contributed by atoms with Crippen molar-refractivity contribution in [3.05, 3.63) is 39.7 Å². The van der Waals surface area contributed by atoms with E-state index >= 15 is 0 Å². The Hall–Kier alpha value is -1.99. The molecular weight excluding hydrogens is 308 g/mol. The standard InChI is InChI=1S/C14H16N4O3.ClH/c1-9-10(5-4-6-11(9)18(19)20)12-16-13(17-21-12)14(15)7-2-3-8-14;/h4-6H,2-3,7-8,15H2,1H3;1H. The number of nitro groups is 1. The molecule has 1 aromatic heterocycles. The van der Waals surface area contributed by atoms with E-state index in [1.807, 2.05) is 0 Å². The molecule has 8 heteroatoms. The van der Waals surface area contributed by atoms with E-state index in [1.54, 1.807) is 19.1 Å². The van der Waals surface area contributed by atoms with E-state index in [4.69, 9.17) is 10.3 Å². The highest BCUT2D eigenvalue weighted by Gasteiger charge is 2.36. The van der Waals surface area contributed by atoms with Crippen molar-refractivity contribution in [3.63, 3.8) is 0 Å². The van der Waals surface area contributed by atoms with Crippen molar-refractivity contribution in [2.75, 3.05) is 0 Å². The van der Waals surface area contributed by atoms with E-state index < -0.39 is 10.5 Å². The lowest BCUT2D eigenvalue weighted by Crippen LogP contribution is -2.34. The van der Waals surface area contributed by atoms with Crippen LogP contribution in [-0.4, -0.2) is 15.1 Å². The van der Waals surface area contributed by atoms with Gasteiger partial charge in [-0.25, -0.2) is 0 Å². The topological polar surface area (TPSA) is 108 Å². The van der Waals surface area contributed by atoms with E-state index in [1.165, 1.54) is 6.07 Å². The number of hydrogen-bond donors (Lipinski definition) is 1. The Morgan fingerprint density at radius 3 is 2.68 bits per heavy atom. The molecule has 1 aliphatic carbocycles. The van der Waals surface area contributed by atoms with Gasteiger partial charge in [0.05, 0.1) is 10.5 Å². The van der Waals surface area contributed by atoms with Crippen LogP contribution in [0.1, 0.15) is 37.1 Å². The minimum Gasteiger partial charge on any atom is -0.334 e. The summed E-state index contributed by atoms with van der Waals surface area (Å²) in [6.07, 6.45) is 3.77. The molecule has 22 heavy (non-hydrogen) atoms. The number of rotatable bonds is 3. The first-order chi connectivity index (χ1) is 10.0. The second-order valence-corrected chi connectivity index (χ2v) is 5.49. The van der Waals surface area contributed by atoms with Gasteiger partial charge in [-0.15, -0.1) is 12.4 Å². The third-order valence-electron chi connectivity index (χ3n) is 4.10. The highest BCUT2D eigenvalue weighted by atomic mass is 35.5. The van der Waals surface area contributed by atoms with Gasteiger partial charge in [-0.05, 0) is 25.8 Å². The van der Waals surface area contributed by atoms with Gasteiger partial charge in [0, 0.05) is 17.2 Å². The number of benzene rings is 1. The van der Waals surface area contributed by atoms with Crippen LogP contribution in [0.25, 0.3) is 11.5 Å². The summed E-state index contributed by atoms with van der Waals surface area (Å²) < 4.78 is 5.28. The van der Waals surface area contributed by atoms with Crippen molar-refractivity contribution in [3.8, 4) is 11.5 Å². The van der Waals surface area contributed by atoms with Gasteiger partial charge >= 0.3 is 0 Å². The van der Waals surface area contributed by atoms with Gasteiger partial charge in [-0.2, -0.15) is 4.98 Å². The van der Waals surface area contributed by atoms with Gasteiger partial charge in [0.25, 0.3) is 11.6 Å². The molecule has 1 heterocycles. The summed E-state index contributed by atoms with van der Waals surface area (Å²) in [5.74, 6) is 0.767. The van der Waals surface area contributed by atoms with E-state index in [9.17, 15) is 10.1 Å². The van der Waals surface area contributed by atoms with Gasteiger partial charge in [0.2, 0.25) is 0 Å². The Bertz CT molecular complexity index is 695. The molecule has 0 aliphatic heterocycles. The third-order valence-corrected chi connectivity index (χ3v) is 4.10. The summed E-state index contributed by atoms with van der Waals surface area (Å²) in [4.78, 5) is 14.9. The zero-order valence-corrected chi connectivity index (χ0v) is 12.9. The first kappa shape index (κ1) is 16.4. The molecule has 3 rings (SSSR count). The quantitative estimate of drug-likeness (QED) is 0.686. The van der Waals surface area contributed by atoms with Crippen LogP contribution in [0.5, 0.6) is 0 Å². The molecule has 1 saturated carbocycles. The van der Waals surface area contributed by atoms with Crippen molar-refractivity contribution in [1.29, 1.82) is 0 Å². The normalized spacial score (nSPS) is 16.3. The zero-order chi connectivity index (χ0) is 15.0.